The van der Waals surface area contributed by atoms with Crippen LogP contribution in [-0.2, 0) is 17.9 Å². The number of hydrogen-bond donors (Lipinski definition) is 1. The number of benzene rings is 2. The first-order valence-corrected chi connectivity index (χ1v) is 10.5. The molecule has 0 bridgehead atoms. The molecule has 5 aromatic rings. The molecule has 1 N–H and O–H groups in total. The summed E-state index contributed by atoms with van der Waals surface area (Å²) in [6.45, 7) is 0.0140. The second kappa shape index (κ2) is 8.91. The van der Waals surface area contributed by atoms with Gasteiger partial charge in [-0.3, -0.25) is 4.79 Å². The van der Waals surface area contributed by atoms with Crippen molar-refractivity contribution in [3.8, 4) is 22.8 Å². The van der Waals surface area contributed by atoms with E-state index in [0.29, 0.717) is 16.1 Å². The van der Waals surface area contributed by atoms with Gasteiger partial charge in [-0.05, 0) is 42.0 Å². The lowest BCUT2D eigenvalue weighted by Gasteiger charge is -2.05. The summed E-state index contributed by atoms with van der Waals surface area (Å²) in [5, 5.41) is 11.5. The van der Waals surface area contributed by atoms with Gasteiger partial charge in [0.1, 0.15) is 12.4 Å². The molecule has 0 aliphatic rings. The molecule has 1 amide bonds. The number of nitrogens with zero attached hydrogens (tertiary/aromatic N) is 5. The minimum absolute atomic E-state index is 0.106. The van der Waals surface area contributed by atoms with Crippen LogP contribution in [0.15, 0.2) is 76.2 Å². The number of nitrogens with one attached hydrogen (secondary N) is 1. The van der Waals surface area contributed by atoms with Gasteiger partial charge in [-0.1, -0.05) is 41.0 Å². The van der Waals surface area contributed by atoms with Gasteiger partial charge in [0.25, 0.3) is 5.89 Å². The lowest BCUT2D eigenvalue weighted by Crippen LogP contribution is -2.32. The van der Waals surface area contributed by atoms with E-state index in [0.717, 1.165) is 10.2 Å². The highest BCUT2D eigenvalue weighted by Crippen LogP contribution is 2.24. The van der Waals surface area contributed by atoms with Gasteiger partial charge in [-0.25, -0.2) is 18.3 Å². The maximum atomic E-state index is 13.5. The number of pyridine rings is 1. The molecular formula is C23H16ClFN6O3. The molecule has 0 atom stereocenters. The van der Waals surface area contributed by atoms with Gasteiger partial charge >= 0.3 is 5.69 Å². The number of aromatic nitrogens is 5. The van der Waals surface area contributed by atoms with Crippen molar-refractivity contribution in [1.29, 1.82) is 0 Å². The smallest absolute Gasteiger partial charge is 0.350 e. The van der Waals surface area contributed by atoms with Crippen molar-refractivity contribution in [2.24, 2.45) is 0 Å². The molecule has 0 saturated carbocycles. The third-order valence-corrected chi connectivity index (χ3v) is 5.30. The van der Waals surface area contributed by atoms with E-state index in [1.54, 1.807) is 48.5 Å². The molecule has 170 valence electrons. The van der Waals surface area contributed by atoms with Gasteiger partial charge < -0.3 is 9.84 Å². The predicted molar refractivity (Wildman–Crippen MR) is 121 cm³/mol. The SMILES string of the molecule is O=C(Cn1nc2c(-c3nc(-c4cccc(F)c4)no3)cccn2c1=O)NCc1ccc(Cl)cc1. The Balaban J connectivity index is 1.39. The molecule has 9 nitrogen and oxygen atoms in total. The molecule has 0 unspecified atom stereocenters. The molecule has 0 aliphatic carbocycles. The molecular weight excluding hydrogens is 463 g/mol. The summed E-state index contributed by atoms with van der Waals surface area (Å²) in [5.74, 6) is -0.507. The van der Waals surface area contributed by atoms with Crippen LogP contribution in [0, 0.1) is 5.82 Å². The number of amides is 1. The number of rotatable bonds is 6. The van der Waals surface area contributed by atoms with Crippen molar-refractivity contribution in [2.75, 3.05) is 0 Å². The number of fused-ring (bicyclic) bond motifs is 1. The molecule has 0 fully saturated rings. The monoisotopic (exact) mass is 478 g/mol. The molecule has 2 aromatic carbocycles. The number of hydrogen-bond acceptors (Lipinski definition) is 6. The summed E-state index contributed by atoms with van der Waals surface area (Å²) in [6.07, 6.45) is 1.53. The van der Waals surface area contributed by atoms with Gasteiger partial charge in [0.05, 0.1) is 5.56 Å². The summed E-state index contributed by atoms with van der Waals surface area (Å²) < 4.78 is 21.2. The predicted octanol–water partition coefficient (Wildman–Crippen LogP) is 3.32. The molecule has 3 aromatic heterocycles. The third-order valence-electron chi connectivity index (χ3n) is 5.05. The van der Waals surface area contributed by atoms with Crippen LogP contribution in [0.4, 0.5) is 4.39 Å². The Hall–Kier alpha value is -4.31. The maximum Gasteiger partial charge on any atom is 0.350 e. The molecule has 0 aliphatic heterocycles. The highest BCUT2D eigenvalue weighted by molar-refractivity contribution is 6.30. The van der Waals surface area contributed by atoms with E-state index in [9.17, 15) is 14.0 Å². The van der Waals surface area contributed by atoms with Crippen LogP contribution in [0.1, 0.15) is 5.56 Å². The zero-order valence-corrected chi connectivity index (χ0v) is 18.2. The number of halogens is 2. The van der Waals surface area contributed by atoms with Crippen molar-refractivity contribution < 1.29 is 13.7 Å². The van der Waals surface area contributed by atoms with Crippen molar-refractivity contribution in [1.82, 2.24) is 29.6 Å². The summed E-state index contributed by atoms with van der Waals surface area (Å²) in [7, 11) is 0. The van der Waals surface area contributed by atoms with Crippen LogP contribution in [0.25, 0.3) is 28.5 Å². The van der Waals surface area contributed by atoms with E-state index in [-0.39, 0.29) is 36.4 Å². The average Bonchev–Trinajstić information content (AvgIpc) is 3.44. The van der Waals surface area contributed by atoms with Gasteiger partial charge in [-0.2, -0.15) is 4.98 Å². The van der Waals surface area contributed by atoms with Crippen LogP contribution in [-0.4, -0.2) is 30.2 Å². The topological polar surface area (TPSA) is 107 Å². The highest BCUT2D eigenvalue weighted by Gasteiger charge is 2.18. The van der Waals surface area contributed by atoms with Gasteiger partial charge in [0.2, 0.25) is 11.7 Å². The Labute approximate surface area is 196 Å². The molecule has 3 heterocycles. The Morgan fingerprint density at radius 1 is 1.12 bits per heavy atom. The Bertz CT molecular complexity index is 1560. The van der Waals surface area contributed by atoms with E-state index in [4.69, 9.17) is 16.1 Å². The van der Waals surface area contributed by atoms with Crippen LogP contribution < -0.4 is 11.0 Å². The summed E-state index contributed by atoms with van der Waals surface area (Å²) >= 11 is 5.87. The quantitative estimate of drug-likeness (QED) is 0.401. The fourth-order valence-corrected chi connectivity index (χ4v) is 3.51. The average molecular weight is 479 g/mol. The molecule has 11 heteroatoms. The van der Waals surface area contributed by atoms with Crippen LogP contribution >= 0.6 is 11.6 Å². The fourth-order valence-electron chi connectivity index (χ4n) is 3.38. The van der Waals surface area contributed by atoms with Crippen molar-refractivity contribution in [3.05, 3.63) is 93.7 Å². The van der Waals surface area contributed by atoms with Gasteiger partial charge in [-0.15, -0.1) is 5.10 Å². The minimum atomic E-state index is -0.497. The van der Waals surface area contributed by atoms with Crippen molar-refractivity contribution in [3.63, 3.8) is 0 Å². The maximum absolute atomic E-state index is 13.5. The molecule has 0 radical (unpaired) electrons. The second-order valence-corrected chi connectivity index (χ2v) is 7.83. The van der Waals surface area contributed by atoms with E-state index in [1.807, 2.05) is 0 Å². The van der Waals surface area contributed by atoms with Crippen molar-refractivity contribution >= 4 is 23.2 Å². The van der Waals surface area contributed by atoms with E-state index >= 15 is 0 Å². The lowest BCUT2D eigenvalue weighted by atomic mass is 10.2. The first-order valence-electron chi connectivity index (χ1n) is 10.2. The minimum Gasteiger partial charge on any atom is -0.350 e. The van der Waals surface area contributed by atoms with Crippen LogP contribution in [0.3, 0.4) is 0 Å². The number of carbonyl (C=O) groups is 1. The molecule has 34 heavy (non-hydrogen) atoms. The lowest BCUT2D eigenvalue weighted by molar-refractivity contribution is -0.122. The molecule has 0 spiro atoms. The zero-order chi connectivity index (χ0) is 23.7. The summed E-state index contributed by atoms with van der Waals surface area (Å²) in [4.78, 5) is 29.5. The second-order valence-electron chi connectivity index (χ2n) is 7.39. The van der Waals surface area contributed by atoms with E-state index in [1.165, 1.54) is 22.7 Å². The van der Waals surface area contributed by atoms with Crippen molar-refractivity contribution in [2.45, 2.75) is 13.1 Å². The van der Waals surface area contributed by atoms with Crippen LogP contribution in [0.5, 0.6) is 0 Å². The number of carbonyl (C=O) groups excluding carboxylic acids is 1. The first kappa shape index (κ1) is 21.5. The zero-order valence-electron chi connectivity index (χ0n) is 17.5. The van der Waals surface area contributed by atoms with Gasteiger partial charge in [0.15, 0.2) is 5.65 Å². The van der Waals surface area contributed by atoms with E-state index in [2.05, 4.69) is 20.6 Å². The Morgan fingerprint density at radius 2 is 1.94 bits per heavy atom. The van der Waals surface area contributed by atoms with E-state index < -0.39 is 11.5 Å². The largest absolute Gasteiger partial charge is 0.350 e. The van der Waals surface area contributed by atoms with Crippen LogP contribution in [0.2, 0.25) is 5.02 Å². The Kier molecular flexibility index (Phi) is 5.64. The Morgan fingerprint density at radius 3 is 2.74 bits per heavy atom. The van der Waals surface area contributed by atoms with Gasteiger partial charge in [0, 0.05) is 23.3 Å². The normalized spacial score (nSPS) is 11.1. The molecule has 0 saturated heterocycles. The summed E-state index contributed by atoms with van der Waals surface area (Å²) in [6, 6.07) is 16.2. The summed E-state index contributed by atoms with van der Waals surface area (Å²) in [5.41, 5.74) is 1.46. The fraction of sp³-hybridized carbons (Fsp3) is 0.0870. The highest BCUT2D eigenvalue weighted by atomic mass is 35.5. The standard InChI is InChI=1S/C23H16ClFN6O3/c24-16-8-6-14(7-9-16)12-26-19(32)13-31-23(33)30-10-2-5-18(21(30)28-31)22-27-20(29-34-22)15-3-1-4-17(25)11-15/h1-11H,12-13H2,(H,26,32). The third kappa shape index (κ3) is 4.30. The first-order chi connectivity index (χ1) is 16.5. The molecule has 5 rings (SSSR count).